The van der Waals surface area contributed by atoms with Crippen LogP contribution in [0.1, 0.15) is 6.92 Å². The third-order valence-corrected chi connectivity index (χ3v) is 3.14. The topological polar surface area (TPSA) is 53.6 Å². The second kappa shape index (κ2) is 6.54. The van der Waals surface area contributed by atoms with Gasteiger partial charge in [0.25, 0.3) is 0 Å². The highest BCUT2D eigenvalue weighted by Gasteiger charge is 2.23. The van der Waals surface area contributed by atoms with E-state index in [4.69, 9.17) is 4.74 Å². The Bertz CT molecular complexity index is 436. The number of para-hydroxylation sites is 2. The van der Waals surface area contributed by atoms with Crippen molar-refractivity contribution >= 4 is 11.6 Å². The van der Waals surface area contributed by atoms with Crippen molar-refractivity contribution in [1.82, 2.24) is 10.2 Å². The van der Waals surface area contributed by atoms with Gasteiger partial charge in [-0.15, -0.1) is 0 Å². The summed E-state index contributed by atoms with van der Waals surface area (Å²) in [5, 5.41) is 6.16. The van der Waals surface area contributed by atoms with Crippen LogP contribution in [-0.4, -0.2) is 50.1 Å². The van der Waals surface area contributed by atoms with Crippen LogP contribution in [0.4, 0.5) is 5.69 Å². The quantitative estimate of drug-likeness (QED) is 0.848. The predicted molar refractivity (Wildman–Crippen MR) is 75.5 cm³/mol. The molecule has 0 bridgehead atoms. The lowest BCUT2D eigenvalue weighted by Gasteiger charge is -2.30. The Morgan fingerprint density at radius 2 is 2.32 bits per heavy atom. The zero-order chi connectivity index (χ0) is 13.7. The number of carbonyl (C=O) groups excluding carboxylic acids is 1. The number of nitrogens with zero attached hydrogens (tertiary/aromatic N) is 1. The number of benzene rings is 1. The van der Waals surface area contributed by atoms with E-state index in [0.717, 1.165) is 25.3 Å². The van der Waals surface area contributed by atoms with E-state index in [1.165, 1.54) is 0 Å². The van der Waals surface area contributed by atoms with Crippen LogP contribution in [0.15, 0.2) is 24.3 Å². The Kier molecular flexibility index (Phi) is 4.76. The highest BCUT2D eigenvalue weighted by atomic mass is 16.5. The van der Waals surface area contributed by atoms with E-state index in [2.05, 4.69) is 15.5 Å². The molecule has 0 radical (unpaired) electrons. The van der Waals surface area contributed by atoms with Crippen molar-refractivity contribution in [3.8, 4) is 5.75 Å². The van der Waals surface area contributed by atoms with E-state index in [1.807, 2.05) is 38.2 Å². The highest BCUT2D eigenvalue weighted by Crippen LogP contribution is 2.23. The predicted octanol–water partition coefficient (Wildman–Crippen LogP) is 0.927. The number of likely N-dealkylation sites (N-methyl/N-ethyl adjacent to an activating group) is 1. The first kappa shape index (κ1) is 13.8. The van der Waals surface area contributed by atoms with Gasteiger partial charge in [0, 0.05) is 19.6 Å². The van der Waals surface area contributed by atoms with Crippen LogP contribution < -0.4 is 15.4 Å². The number of nitrogens with one attached hydrogen (secondary N) is 2. The molecule has 1 aromatic rings. The van der Waals surface area contributed by atoms with Gasteiger partial charge in [-0.2, -0.15) is 0 Å². The number of ether oxygens (including phenoxy) is 1. The SMILES string of the molecule is CCOc1ccccc1NC(=O)C1CN(C)CCN1. The largest absolute Gasteiger partial charge is 0.492 e. The number of anilines is 1. The highest BCUT2D eigenvalue weighted by molar-refractivity contribution is 5.96. The van der Waals surface area contributed by atoms with Crippen LogP contribution in [0.3, 0.4) is 0 Å². The lowest BCUT2D eigenvalue weighted by atomic mass is 10.2. The molecule has 0 aliphatic carbocycles. The molecule has 0 spiro atoms. The zero-order valence-corrected chi connectivity index (χ0v) is 11.5. The minimum Gasteiger partial charge on any atom is -0.492 e. The molecule has 0 aromatic heterocycles. The fourth-order valence-corrected chi connectivity index (χ4v) is 2.14. The van der Waals surface area contributed by atoms with Gasteiger partial charge in [0.1, 0.15) is 5.75 Å². The number of piperazine rings is 1. The summed E-state index contributed by atoms with van der Waals surface area (Å²) in [5.74, 6) is 0.696. The molecule has 1 unspecified atom stereocenters. The Hall–Kier alpha value is -1.59. The number of carbonyl (C=O) groups is 1. The molecule has 2 rings (SSSR count). The fourth-order valence-electron chi connectivity index (χ4n) is 2.14. The van der Waals surface area contributed by atoms with Crippen LogP contribution in [-0.2, 0) is 4.79 Å². The average molecular weight is 263 g/mol. The maximum Gasteiger partial charge on any atom is 0.242 e. The van der Waals surface area contributed by atoms with Gasteiger partial charge in [0.05, 0.1) is 18.3 Å². The van der Waals surface area contributed by atoms with E-state index < -0.39 is 0 Å². The number of hydrogen-bond acceptors (Lipinski definition) is 4. The van der Waals surface area contributed by atoms with Crippen LogP contribution in [0.2, 0.25) is 0 Å². The average Bonchev–Trinajstić information content (AvgIpc) is 2.41. The minimum absolute atomic E-state index is 0.0151. The molecule has 104 valence electrons. The second-order valence-electron chi connectivity index (χ2n) is 4.69. The second-order valence-corrected chi connectivity index (χ2v) is 4.69. The molecule has 5 nitrogen and oxygen atoms in total. The maximum atomic E-state index is 12.2. The summed E-state index contributed by atoms with van der Waals surface area (Å²) < 4.78 is 5.50. The molecule has 1 saturated heterocycles. The first-order chi connectivity index (χ1) is 9.20. The third-order valence-electron chi connectivity index (χ3n) is 3.14. The van der Waals surface area contributed by atoms with Crippen LogP contribution in [0, 0.1) is 0 Å². The lowest BCUT2D eigenvalue weighted by Crippen LogP contribution is -2.54. The zero-order valence-electron chi connectivity index (χ0n) is 11.5. The fraction of sp³-hybridized carbons (Fsp3) is 0.500. The summed E-state index contributed by atoms with van der Waals surface area (Å²) in [6, 6.07) is 7.33. The monoisotopic (exact) mass is 263 g/mol. The molecule has 1 aliphatic rings. The molecule has 1 aliphatic heterocycles. The van der Waals surface area contributed by atoms with Crippen LogP contribution in [0.5, 0.6) is 5.75 Å². The third kappa shape index (κ3) is 3.68. The van der Waals surface area contributed by atoms with Crippen molar-refractivity contribution in [2.75, 3.05) is 38.6 Å². The van der Waals surface area contributed by atoms with Crippen molar-refractivity contribution in [3.63, 3.8) is 0 Å². The van der Waals surface area contributed by atoms with Crippen molar-refractivity contribution < 1.29 is 9.53 Å². The summed E-state index contributed by atoms with van der Waals surface area (Å²) in [6.45, 7) is 5.04. The van der Waals surface area contributed by atoms with Gasteiger partial charge in [-0.05, 0) is 26.1 Å². The van der Waals surface area contributed by atoms with Gasteiger partial charge in [-0.25, -0.2) is 0 Å². The van der Waals surface area contributed by atoms with E-state index in [1.54, 1.807) is 0 Å². The van der Waals surface area contributed by atoms with E-state index in [9.17, 15) is 4.79 Å². The summed E-state index contributed by atoms with van der Waals surface area (Å²) in [5.41, 5.74) is 0.726. The normalized spacial score (nSPS) is 20.0. The summed E-state index contributed by atoms with van der Waals surface area (Å²) in [4.78, 5) is 14.4. The molecule has 19 heavy (non-hydrogen) atoms. The summed E-state index contributed by atoms with van der Waals surface area (Å²) in [7, 11) is 2.02. The Morgan fingerprint density at radius 3 is 3.05 bits per heavy atom. The lowest BCUT2D eigenvalue weighted by molar-refractivity contribution is -0.119. The smallest absolute Gasteiger partial charge is 0.242 e. The first-order valence-corrected chi connectivity index (χ1v) is 6.65. The van der Waals surface area contributed by atoms with Gasteiger partial charge < -0.3 is 20.3 Å². The molecule has 1 atom stereocenters. The van der Waals surface area contributed by atoms with Crippen molar-refractivity contribution in [3.05, 3.63) is 24.3 Å². The van der Waals surface area contributed by atoms with Gasteiger partial charge in [0.2, 0.25) is 5.91 Å². The van der Waals surface area contributed by atoms with Crippen LogP contribution >= 0.6 is 0 Å². The molecule has 2 N–H and O–H groups in total. The molecule has 1 amide bonds. The number of rotatable bonds is 4. The molecule has 1 fully saturated rings. The van der Waals surface area contributed by atoms with E-state index in [0.29, 0.717) is 12.4 Å². The Morgan fingerprint density at radius 1 is 1.53 bits per heavy atom. The standard InChI is InChI=1S/C14H21N3O2/c1-3-19-13-7-5-4-6-11(13)16-14(18)12-10-17(2)9-8-15-12/h4-7,12,15H,3,8-10H2,1-2H3,(H,16,18). The Labute approximate surface area is 113 Å². The maximum absolute atomic E-state index is 12.2. The van der Waals surface area contributed by atoms with Gasteiger partial charge in [0.15, 0.2) is 0 Å². The van der Waals surface area contributed by atoms with Crippen molar-refractivity contribution in [1.29, 1.82) is 0 Å². The van der Waals surface area contributed by atoms with Gasteiger partial charge >= 0.3 is 0 Å². The minimum atomic E-state index is -0.173. The molecule has 1 aromatic carbocycles. The van der Waals surface area contributed by atoms with E-state index >= 15 is 0 Å². The summed E-state index contributed by atoms with van der Waals surface area (Å²) >= 11 is 0. The Balaban J connectivity index is 2.02. The van der Waals surface area contributed by atoms with Crippen molar-refractivity contribution in [2.24, 2.45) is 0 Å². The molecule has 1 heterocycles. The first-order valence-electron chi connectivity index (χ1n) is 6.65. The van der Waals surface area contributed by atoms with Gasteiger partial charge in [-0.3, -0.25) is 4.79 Å². The molecular weight excluding hydrogens is 242 g/mol. The summed E-state index contributed by atoms with van der Waals surface area (Å²) in [6.07, 6.45) is 0. The van der Waals surface area contributed by atoms with Gasteiger partial charge in [-0.1, -0.05) is 12.1 Å². The van der Waals surface area contributed by atoms with Crippen LogP contribution in [0.25, 0.3) is 0 Å². The molecule has 5 heteroatoms. The number of hydrogen-bond donors (Lipinski definition) is 2. The molecular formula is C14H21N3O2. The van der Waals surface area contributed by atoms with Crippen molar-refractivity contribution in [2.45, 2.75) is 13.0 Å². The molecule has 0 saturated carbocycles. The van der Waals surface area contributed by atoms with E-state index in [-0.39, 0.29) is 11.9 Å². The number of amides is 1.